The molecule has 0 aromatic heterocycles. The van der Waals surface area contributed by atoms with Crippen LogP contribution in [0.25, 0.3) is 0 Å². The third kappa shape index (κ3) is 4.38. The average molecular weight is 358 g/mol. The second kappa shape index (κ2) is 7.68. The highest BCUT2D eigenvalue weighted by Crippen LogP contribution is 2.27. The number of anilines is 2. The van der Waals surface area contributed by atoms with Crippen molar-refractivity contribution in [3.63, 3.8) is 0 Å². The van der Waals surface area contributed by atoms with Crippen molar-refractivity contribution in [1.82, 2.24) is 4.90 Å². The Labute approximate surface area is 152 Å². The number of amides is 2. The zero-order valence-corrected chi connectivity index (χ0v) is 14.8. The van der Waals surface area contributed by atoms with E-state index in [-0.39, 0.29) is 24.9 Å². The Balaban J connectivity index is 1.53. The largest absolute Gasteiger partial charge is 0.325 e. The summed E-state index contributed by atoms with van der Waals surface area (Å²) in [6.45, 7) is 1.02. The molecule has 0 bridgehead atoms. The molecular weight excluding hydrogens is 338 g/mol. The SMILES string of the molecule is CN(CC(=O)Nc1cccc(Cl)c1)CC(=O)N1CCc2ccccc21. The molecule has 25 heavy (non-hydrogen) atoms. The molecule has 1 N–H and O–H groups in total. The number of nitrogens with one attached hydrogen (secondary N) is 1. The summed E-state index contributed by atoms with van der Waals surface area (Å²) in [4.78, 5) is 28.2. The summed E-state index contributed by atoms with van der Waals surface area (Å²) in [5.41, 5.74) is 2.81. The minimum Gasteiger partial charge on any atom is -0.325 e. The van der Waals surface area contributed by atoms with Gasteiger partial charge in [0.05, 0.1) is 13.1 Å². The number of carbonyl (C=O) groups is 2. The van der Waals surface area contributed by atoms with Crippen molar-refractivity contribution in [3.8, 4) is 0 Å². The number of likely N-dealkylation sites (N-methyl/N-ethyl adjacent to an activating group) is 1. The highest BCUT2D eigenvalue weighted by Gasteiger charge is 2.25. The normalized spacial score (nSPS) is 13.0. The highest BCUT2D eigenvalue weighted by molar-refractivity contribution is 6.30. The molecule has 6 heteroatoms. The Kier molecular flexibility index (Phi) is 5.36. The molecule has 0 saturated carbocycles. The summed E-state index contributed by atoms with van der Waals surface area (Å²) >= 11 is 5.90. The van der Waals surface area contributed by atoms with Gasteiger partial charge in [-0.15, -0.1) is 0 Å². The van der Waals surface area contributed by atoms with Crippen LogP contribution in [0.1, 0.15) is 5.56 Å². The third-order valence-corrected chi connectivity index (χ3v) is 4.35. The van der Waals surface area contributed by atoms with Crippen LogP contribution in [0.4, 0.5) is 11.4 Å². The van der Waals surface area contributed by atoms with Crippen LogP contribution < -0.4 is 10.2 Å². The number of hydrogen-bond acceptors (Lipinski definition) is 3. The van der Waals surface area contributed by atoms with Crippen LogP contribution in [0.15, 0.2) is 48.5 Å². The molecule has 0 saturated heterocycles. The first-order valence-corrected chi connectivity index (χ1v) is 8.53. The molecule has 0 atom stereocenters. The predicted octanol–water partition coefficient (Wildman–Crippen LogP) is 2.80. The van der Waals surface area contributed by atoms with Crippen molar-refractivity contribution >= 4 is 34.8 Å². The summed E-state index contributed by atoms with van der Waals surface area (Å²) in [5, 5.41) is 3.35. The monoisotopic (exact) mass is 357 g/mol. The summed E-state index contributed by atoms with van der Waals surface area (Å²) < 4.78 is 0. The number of benzene rings is 2. The lowest BCUT2D eigenvalue weighted by atomic mass is 10.2. The molecular formula is C19H20ClN3O2. The van der Waals surface area contributed by atoms with E-state index in [1.54, 1.807) is 41.1 Å². The van der Waals surface area contributed by atoms with E-state index < -0.39 is 0 Å². The van der Waals surface area contributed by atoms with Crippen LogP contribution in [0.3, 0.4) is 0 Å². The fourth-order valence-corrected chi connectivity index (χ4v) is 3.17. The molecule has 0 fully saturated rings. The second-order valence-electron chi connectivity index (χ2n) is 6.15. The number of nitrogens with zero attached hydrogens (tertiary/aromatic N) is 2. The van der Waals surface area contributed by atoms with E-state index >= 15 is 0 Å². The summed E-state index contributed by atoms with van der Waals surface area (Å²) in [6.07, 6.45) is 0.876. The maximum absolute atomic E-state index is 12.5. The van der Waals surface area contributed by atoms with Crippen LogP contribution in [-0.4, -0.2) is 43.4 Å². The maximum Gasteiger partial charge on any atom is 0.241 e. The summed E-state index contributed by atoms with van der Waals surface area (Å²) in [7, 11) is 1.76. The lowest BCUT2D eigenvalue weighted by Crippen LogP contribution is -2.40. The molecule has 0 unspecified atom stereocenters. The van der Waals surface area contributed by atoms with E-state index in [0.29, 0.717) is 17.3 Å². The molecule has 2 aromatic rings. The van der Waals surface area contributed by atoms with Gasteiger partial charge < -0.3 is 10.2 Å². The second-order valence-corrected chi connectivity index (χ2v) is 6.59. The smallest absolute Gasteiger partial charge is 0.241 e. The summed E-state index contributed by atoms with van der Waals surface area (Å²) in [6, 6.07) is 14.9. The quantitative estimate of drug-likeness (QED) is 0.895. The molecule has 1 aliphatic heterocycles. The van der Waals surface area contributed by atoms with Crippen molar-refractivity contribution in [2.24, 2.45) is 0 Å². The Bertz CT molecular complexity index is 794. The molecule has 0 radical (unpaired) electrons. The topological polar surface area (TPSA) is 52.7 Å². The van der Waals surface area contributed by atoms with Gasteiger partial charge in [-0.2, -0.15) is 0 Å². The Morgan fingerprint density at radius 2 is 1.96 bits per heavy atom. The van der Waals surface area contributed by atoms with Gasteiger partial charge in [0.15, 0.2) is 0 Å². The van der Waals surface area contributed by atoms with Gasteiger partial charge in [0.1, 0.15) is 0 Å². The number of halogens is 1. The maximum atomic E-state index is 12.5. The van der Waals surface area contributed by atoms with Crippen LogP contribution >= 0.6 is 11.6 Å². The molecule has 0 spiro atoms. The van der Waals surface area contributed by atoms with Crippen molar-refractivity contribution in [2.75, 3.05) is 36.9 Å². The van der Waals surface area contributed by atoms with Crippen LogP contribution in [-0.2, 0) is 16.0 Å². The van der Waals surface area contributed by atoms with E-state index in [1.807, 2.05) is 24.3 Å². The molecule has 130 valence electrons. The number of rotatable bonds is 5. The summed E-state index contributed by atoms with van der Waals surface area (Å²) in [5.74, 6) is -0.178. The number of carbonyl (C=O) groups excluding carboxylic acids is 2. The standard InChI is InChI=1S/C19H20ClN3O2/c1-22(12-18(24)21-16-7-4-6-15(20)11-16)13-19(25)23-10-9-14-5-2-3-8-17(14)23/h2-8,11H,9-10,12-13H2,1H3,(H,21,24). The first kappa shape index (κ1) is 17.5. The van der Waals surface area contributed by atoms with Crippen molar-refractivity contribution in [3.05, 3.63) is 59.1 Å². The van der Waals surface area contributed by atoms with E-state index in [2.05, 4.69) is 5.32 Å². The Hall–Kier alpha value is -2.37. The molecule has 3 rings (SSSR count). The minimum atomic E-state index is -0.181. The number of para-hydroxylation sites is 1. The number of hydrogen-bond donors (Lipinski definition) is 1. The van der Waals surface area contributed by atoms with E-state index in [0.717, 1.165) is 12.1 Å². The van der Waals surface area contributed by atoms with Gasteiger partial charge in [0, 0.05) is 22.9 Å². The molecule has 5 nitrogen and oxygen atoms in total. The molecule has 2 aromatic carbocycles. The number of fused-ring (bicyclic) bond motifs is 1. The minimum absolute atomic E-state index is 0.00278. The van der Waals surface area contributed by atoms with Crippen molar-refractivity contribution in [2.45, 2.75) is 6.42 Å². The lowest BCUT2D eigenvalue weighted by molar-refractivity contribution is -0.120. The van der Waals surface area contributed by atoms with Crippen LogP contribution in [0.5, 0.6) is 0 Å². The van der Waals surface area contributed by atoms with Gasteiger partial charge in [-0.3, -0.25) is 14.5 Å². The van der Waals surface area contributed by atoms with Gasteiger partial charge >= 0.3 is 0 Å². The zero-order chi connectivity index (χ0) is 17.8. The zero-order valence-electron chi connectivity index (χ0n) is 14.0. The molecule has 2 amide bonds. The lowest BCUT2D eigenvalue weighted by Gasteiger charge is -2.21. The van der Waals surface area contributed by atoms with Crippen LogP contribution in [0.2, 0.25) is 5.02 Å². The molecule has 0 aliphatic carbocycles. The van der Waals surface area contributed by atoms with E-state index in [9.17, 15) is 9.59 Å². The van der Waals surface area contributed by atoms with Gasteiger partial charge in [-0.1, -0.05) is 35.9 Å². The van der Waals surface area contributed by atoms with Crippen molar-refractivity contribution < 1.29 is 9.59 Å². The van der Waals surface area contributed by atoms with Gasteiger partial charge in [0.25, 0.3) is 0 Å². The third-order valence-electron chi connectivity index (χ3n) is 4.12. The van der Waals surface area contributed by atoms with E-state index in [4.69, 9.17) is 11.6 Å². The molecule has 1 aliphatic rings. The van der Waals surface area contributed by atoms with Gasteiger partial charge in [0.2, 0.25) is 11.8 Å². The van der Waals surface area contributed by atoms with E-state index in [1.165, 1.54) is 5.56 Å². The fourth-order valence-electron chi connectivity index (χ4n) is 2.98. The highest BCUT2D eigenvalue weighted by atomic mass is 35.5. The molecule has 1 heterocycles. The first-order valence-electron chi connectivity index (χ1n) is 8.15. The Morgan fingerprint density at radius 3 is 2.76 bits per heavy atom. The van der Waals surface area contributed by atoms with Gasteiger partial charge in [-0.05, 0) is 43.3 Å². The Morgan fingerprint density at radius 1 is 1.16 bits per heavy atom. The average Bonchev–Trinajstić information content (AvgIpc) is 2.98. The van der Waals surface area contributed by atoms with Crippen molar-refractivity contribution in [1.29, 1.82) is 0 Å². The predicted molar refractivity (Wildman–Crippen MR) is 100 cm³/mol. The fraction of sp³-hybridized carbons (Fsp3) is 0.263. The van der Waals surface area contributed by atoms with Crippen LogP contribution in [0, 0.1) is 0 Å². The first-order chi connectivity index (χ1) is 12.0. The van der Waals surface area contributed by atoms with Gasteiger partial charge in [-0.25, -0.2) is 0 Å².